The molecule has 4 nitrogen and oxygen atoms in total. The fourth-order valence-electron chi connectivity index (χ4n) is 1.86. The van der Waals surface area contributed by atoms with Crippen LogP contribution in [-0.2, 0) is 0 Å². The molecule has 2 heterocycles. The van der Waals surface area contributed by atoms with Gasteiger partial charge in [0.2, 0.25) is 0 Å². The summed E-state index contributed by atoms with van der Waals surface area (Å²) in [5.74, 6) is -0.969. The number of benzene rings is 1. The van der Waals surface area contributed by atoms with Crippen LogP contribution in [0.1, 0.15) is 10.4 Å². The molecule has 3 rings (SSSR count). The first kappa shape index (κ1) is 11.7. The molecule has 5 heteroatoms. The third-order valence-electron chi connectivity index (χ3n) is 2.76. The van der Waals surface area contributed by atoms with E-state index in [9.17, 15) is 9.90 Å². The summed E-state index contributed by atoms with van der Waals surface area (Å²) in [6, 6.07) is 11.3. The highest BCUT2D eigenvalue weighted by atomic mass is 32.1. The van der Waals surface area contributed by atoms with Crippen LogP contribution in [0.4, 0.5) is 0 Å². The van der Waals surface area contributed by atoms with Gasteiger partial charge in [0, 0.05) is 17.1 Å². The molecule has 0 amide bonds. The summed E-state index contributed by atoms with van der Waals surface area (Å²) in [6.45, 7) is 0. The van der Waals surface area contributed by atoms with Crippen molar-refractivity contribution in [3.8, 4) is 16.9 Å². The maximum atomic E-state index is 11.3. The molecule has 0 atom stereocenters. The van der Waals surface area contributed by atoms with E-state index in [0.717, 1.165) is 11.3 Å². The number of hydrogen-bond donors (Lipinski definition) is 1. The molecule has 0 saturated heterocycles. The van der Waals surface area contributed by atoms with Gasteiger partial charge in [0.15, 0.2) is 0 Å². The van der Waals surface area contributed by atoms with Crippen LogP contribution in [0.5, 0.6) is 0 Å². The van der Waals surface area contributed by atoms with Gasteiger partial charge in [-0.2, -0.15) is 16.4 Å². The van der Waals surface area contributed by atoms with E-state index < -0.39 is 5.97 Å². The maximum Gasteiger partial charge on any atom is 0.339 e. The van der Waals surface area contributed by atoms with Gasteiger partial charge >= 0.3 is 5.97 Å². The van der Waals surface area contributed by atoms with E-state index in [2.05, 4.69) is 5.10 Å². The van der Waals surface area contributed by atoms with Crippen LogP contribution in [-0.4, -0.2) is 20.9 Å². The van der Waals surface area contributed by atoms with Crippen LogP contribution in [0.2, 0.25) is 0 Å². The maximum absolute atomic E-state index is 11.3. The highest BCUT2D eigenvalue weighted by Gasteiger charge is 2.17. The van der Waals surface area contributed by atoms with Crippen molar-refractivity contribution in [2.45, 2.75) is 0 Å². The molecule has 2 aromatic heterocycles. The topological polar surface area (TPSA) is 55.1 Å². The number of carboxylic acid groups (broad SMARTS) is 1. The minimum Gasteiger partial charge on any atom is -0.478 e. The molecule has 0 radical (unpaired) electrons. The summed E-state index contributed by atoms with van der Waals surface area (Å²) in [6.07, 6.45) is 1.55. The number of rotatable bonds is 3. The van der Waals surface area contributed by atoms with E-state index in [4.69, 9.17) is 0 Å². The van der Waals surface area contributed by atoms with Crippen LogP contribution in [0.25, 0.3) is 16.9 Å². The summed E-state index contributed by atoms with van der Waals surface area (Å²) >= 11 is 1.52. The third kappa shape index (κ3) is 2.15. The van der Waals surface area contributed by atoms with E-state index >= 15 is 0 Å². The van der Waals surface area contributed by atoms with Crippen molar-refractivity contribution >= 4 is 17.3 Å². The Morgan fingerprint density at radius 2 is 2.00 bits per heavy atom. The molecular formula is C14H10N2O2S. The van der Waals surface area contributed by atoms with Crippen LogP contribution < -0.4 is 0 Å². The molecule has 1 N–H and O–H groups in total. The summed E-state index contributed by atoms with van der Waals surface area (Å²) in [5.41, 5.74) is 2.38. The van der Waals surface area contributed by atoms with Crippen molar-refractivity contribution in [1.82, 2.24) is 9.78 Å². The second-order valence-corrected chi connectivity index (χ2v) is 4.77. The number of aromatic nitrogens is 2. The Bertz CT molecular complexity index is 702. The first-order valence-corrected chi connectivity index (χ1v) is 6.61. The molecule has 0 fully saturated rings. The Balaban J connectivity index is 2.15. The quantitative estimate of drug-likeness (QED) is 0.794. The van der Waals surface area contributed by atoms with Gasteiger partial charge in [0.25, 0.3) is 0 Å². The van der Waals surface area contributed by atoms with E-state index in [-0.39, 0.29) is 5.56 Å². The van der Waals surface area contributed by atoms with Crippen molar-refractivity contribution in [2.24, 2.45) is 0 Å². The zero-order valence-electron chi connectivity index (χ0n) is 9.85. The van der Waals surface area contributed by atoms with E-state index in [1.165, 1.54) is 11.3 Å². The minimum atomic E-state index is -0.969. The Hall–Kier alpha value is -2.40. The molecule has 0 aliphatic heterocycles. The minimum absolute atomic E-state index is 0.210. The SMILES string of the molecule is O=C(O)c1cn(-c2ccccc2)nc1-c1ccsc1. The molecule has 0 spiro atoms. The predicted molar refractivity (Wildman–Crippen MR) is 73.8 cm³/mol. The largest absolute Gasteiger partial charge is 0.478 e. The molecule has 0 saturated carbocycles. The second-order valence-electron chi connectivity index (χ2n) is 3.99. The highest BCUT2D eigenvalue weighted by Crippen LogP contribution is 2.25. The van der Waals surface area contributed by atoms with Crippen LogP contribution in [0.15, 0.2) is 53.4 Å². The molecule has 3 aromatic rings. The number of para-hydroxylation sites is 1. The summed E-state index contributed by atoms with van der Waals surface area (Å²) < 4.78 is 1.59. The van der Waals surface area contributed by atoms with Gasteiger partial charge in [-0.25, -0.2) is 9.48 Å². The van der Waals surface area contributed by atoms with Crippen molar-refractivity contribution in [1.29, 1.82) is 0 Å². The lowest BCUT2D eigenvalue weighted by Crippen LogP contribution is -1.96. The van der Waals surface area contributed by atoms with Crippen LogP contribution in [0, 0.1) is 0 Å². The molecular weight excluding hydrogens is 260 g/mol. The van der Waals surface area contributed by atoms with Crippen molar-refractivity contribution in [3.63, 3.8) is 0 Å². The van der Waals surface area contributed by atoms with Crippen molar-refractivity contribution in [2.75, 3.05) is 0 Å². The normalized spacial score (nSPS) is 10.5. The van der Waals surface area contributed by atoms with Crippen molar-refractivity contribution < 1.29 is 9.90 Å². The first-order chi connectivity index (χ1) is 9.25. The predicted octanol–water partition coefficient (Wildman–Crippen LogP) is 3.30. The molecule has 19 heavy (non-hydrogen) atoms. The van der Waals surface area contributed by atoms with Crippen molar-refractivity contribution in [3.05, 3.63) is 58.9 Å². The highest BCUT2D eigenvalue weighted by molar-refractivity contribution is 7.08. The number of hydrogen-bond acceptors (Lipinski definition) is 3. The lowest BCUT2D eigenvalue weighted by molar-refractivity contribution is 0.0697. The van der Waals surface area contributed by atoms with Gasteiger partial charge in [-0.05, 0) is 23.6 Å². The van der Waals surface area contributed by atoms with E-state index in [1.54, 1.807) is 10.9 Å². The van der Waals surface area contributed by atoms with Crippen LogP contribution >= 0.6 is 11.3 Å². The van der Waals surface area contributed by atoms with Gasteiger partial charge < -0.3 is 5.11 Å². The standard InChI is InChI=1S/C14H10N2O2S/c17-14(18)12-8-16(11-4-2-1-3-5-11)15-13(12)10-6-7-19-9-10/h1-9H,(H,17,18). The van der Waals surface area contributed by atoms with Gasteiger partial charge in [-0.15, -0.1) is 0 Å². The average molecular weight is 270 g/mol. The van der Waals surface area contributed by atoms with Crippen LogP contribution in [0.3, 0.4) is 0 Å². The fraction of sp³-hybridized carbons (Fsp3) is 0. The number of thiophene rings is 1. The Morgan fingerprint density at radius 3 is 2.63 bits per heavy atom. The Kier molecular flexibility index (Phi) is 2.89. The smallest absolute Gasteiger partial charge is 0.339 e. The Labute approximate surface area is 113 Å². The van der Waals surface area contributed by atoms with Gasteiger partial charge in [-0.3, -0.25) is 0 Å². The number of nitrogens with zero attached hydrogens (tertiary/aromatic N) is 2. The Morgan fingerprint density at radius 1 is 1.21 bits per heavy atom. The van der Waals surface area contributed by atoms with Gasteiger partial charge in [0.05, 0.1) is 5.69 Å². The molecule has 0 bridgehead atoms. The van der Waals surface area contributed by atoms with Gasteiger partial charge in [-0.1, -0.05) is 18.2 Å². The van der Waals surface area contributed by atoms with Gasteiger partial charge in [0.1, 0.15) is 11.3 Å². The number of carbonyl (C=O) groups is 1. The lowest BCUT2D eigenvalue weighted by Gasteiger charge is -1.99. The third-order valence-corrected chi connectivity index (χ3v) is 3.44. The fourth-order valence-corrected chi connectivity index (χ4v) is 2.50. The summed E-state index contributed by atoms with van der Waals surface area (Å²) in [5, 5.41) is 17.5. The van der Waals surface area contributed by atoms with E-state index in [0.29, 0.717) is 5.69 Å². The summed E-state index contributed by atoms with van der Waals surface area (Å²) in [7, 11) is 0. The monoisotopic (exact) mass is 270 g/mol. The molecule has 0 aliphatic rings. The molecule has 0 unspecified atom stereocenters. The molecule has 1 aromatic carbocycles. The molecule has 94 valence electrons. The zero-order chi connectivity index (χ0) is 13.2. The molecule has 0 aliphatic carbocycles. The lowest BCUT2D eigenvalue weighted by atomic mass is 10.1. The number of aromatic carboxylic acids is 1. The average Bonchev–Trinajstić information content (AvgIpc) is 3.08. The first-order valence-electron chi connectivity index (χ1n) is 5.66. The zero-order valence-corrected chi connectivity index (χ0v) is 10.7. The number of carboxylic acids is 1. The summed E-state index contributed by atoms with van der Waals surface area (Å²) in [4.78, 5) is 11.3. The second kappa shape index (κ2) is 4.70. The van der Waals surface area contributed by atoms with E-state index in [1.807, 2.05) is 47.2 Å².